The maximum Gasteiger partial charge on any atom is 0.242 e. The monoisotopic (exact) mass is 238 g/mol. The number of nitrogens with zero attached hydrogens (tertiary/aromatic N) is 2. The Hall–Kier alpha value is -1.06. The molecule has 2 rings (SSSR count). The Kier molecular flexibility index (Phi) is 4.02. The van der Waals surface area contributed by atoms with Crippen LogP contribution in [0.3, 0.4) is 0 Å². The average molecular weight is 238 g/mol. The van der Waals surface area contributed by atoms with Gasteiger partial charge in [-0.2, -0.15) is 0 Å². The van der Waals surface area contributed by atoms with Gasteiger partial charge in [-0.15, -0.1) is 0 Å². The Balaban J connectivity index is 1.90. The fourth-order valence-electron chi connectivity index (χ4n) is 2.84. The van der Waals surface area contributed by atoms with E-state index in [1.807, 2.05) is 11.8 Å². The summed E-state index contributed by atoms with van der Waals surface area (Å²) in [5.41, 5.74) is 0. The molecule has 0 unspecified atom stereocenters. The normalized spacial score (nSPS) is 23.0. The Labute approximate surface area is 103 Å². The maximum absolute atomic E-state index is 12.2. The molecule has 1 heterocycles. The second kappa shape index (κ2) is 5.52. The molecule has 0 bridgehead atoms. The zero-order chi connectivity index (χ0) is 12.3. The van der Waals surface area contributed by atoms with Crippen molar-refractivity contribution in [2.75, 3.05) is 26.2 Å². The molecule has 96 valence electrons. The Morgan fingerprint density at radius 2 is 1.94 bits per heavy atom. The van der Waals surface area contributed by atoms with Crippen molar-refractivity contribution < 1.29 is 9.59 Å². The van der Waals surface area contributed by atoms with Crippen molar-refractivity contribution in [3.63, 3.8) is 0 Å². The minimum Gasteiger partial charge on any atom is -0.340 e. The van der Waals surface area contributed by atoms with E-state index in [9.17, 15) is 9.59 Å². The summed E-state index contributed by atoms with van der Waals surface area (Å²) in [6.07, 6.45) is 5.62. The van der Waals surface area contributed by atoms with Crippen molar-refractivity contribution in [1.82, 2.24) is 9.80 Å². The van der Waals surface area contributed by atoms with Crippen LogP contribution in [-0.4, -0.2) is 47.8 Å². The smallest absolute Gasteiger partial charge is 0.242 e. The molecule has 1 saturated heterocycles. The number of rotatable bonds is 2. The zero-order valence-corrected chi connectivity index (χ0v) is 10.7. The van der Waals surface area contributed by atoms with Gasteiger partial charge in [-0.3, -0.25) is 9.59 Å². The highest BCUT2D eigenvalue weighted by atomic mass is 16.2. The molecule has 17 heavy (non-hydrogen) atoms. The predicted octanol–water partition coefficient (Wildman–Crippen LogP) is 1.26. The second-order valence-electron chi connectivity index (χ2n) is 5.07. The van der Waals surface area contributed by atoms with Gasteiger partial charge < -0.3 is 9.80 Å². The molecule has 0 aromatic heterocycles. The first-order valence-electron chi connectivity index (χ1n) is 6.79. The van der Waals surface area contributed by atoms with E-state index < -0.39 is 0 Å². The van der Waals surface area contributed by atoms with E-state index in [2.05, 4.69) is 0 Å². The van der Waals surface area contributed by atoms with Crippen molar-refractivity contribution in [1.29, 1.82) is 0 Å². The van der Waals surface area contributed by atoms with Gasteiger partial charge in [0.15, 0.2) is 0 Å². The molecule has 2 amide bonds. The zero-order valence-electron chi connectivity index (χ0n) is 10.7. The fraction of sp³-hybridized carbons (Fsp3) is 0.846. The lowest BCUT2D eigenvalue weighted by Gasteiger charge is -2.36. The van der Waals surface area contributed by atoms with Crippen LogP contribution in [0.2, 0.25) is 0 Å². The maximum atomic E-state index is 12.2. The molecule has 1 saturated carbocycles. The lowest BCUT2D eigenvalue weighted by molar-refractivity contribution is -0.148. The van der Waals surface area contributed by atoms with Crippen molar-refractivity contribution in [2.24, 2.45) is 5.92 Å². The van der Waals surface area contributed by atoms with Crippen LogP contribution >= 0.6 is 0 Å². The molecule has 1 aliphatic carbocycles. The van der Waals surface area contributed by atoms with Crippen molar-refractivity contribution in [2.45, 2.75) is 39.0 Å². The highest BCUT2D eigenvalue weighted by Crippen LogP contribution is 2.25. The molecule has 4 nitrogen and oxygen atoms in total. The molecule has 4 heteroatoms. The third-order valence-corrected chi connectivity index (χ3v) is 3.97. The first kappa shape index (κ1) is 12.4. The number of amides is 2. The molecule has 0 atom stereocenters. The van der Waals surface area contributed by atoms with Gasteiger partial charge in [-0.1, -0.05) is 19.3 Å². The van der Waals surface area contributed by atoms with Gasteiger partial charge in [0.05, 0.1) is 6.54 Å². The Morgan fingerprint density at radius 3 is 2.53 bits per heavy atom. The third kappa shape index (κ3) is 2.79. The van der Waals surface area contributed by atoms with Gasteiger partial charge in [-0.25, -0.2) is 0 Å². The SMILES string of the molecule is CCN1CCN(C(=O)C2CCCCC2)CC1=O. The second-order valence-corrected chi connectivity index (χ2v) is 5.07. The quantitative estimate of drug-likeness (QED) is 0.726. The summed E-state index contributed by atoms with van der Waals surface area (Å²) in [4.78, 5) is 27.6. The number of carbonyl (C=O) groups excluding carboxylic acids is 2. The summed E-state index contributed by atoms with van der Waals surface area (Å²) in [5, 5.41) is 0. The van der Waals surface area contributed by atoms with E-state index in [0.29, 0.717) is 13.1 Å². The number of hydrogen-bond donors (Lipinski definition) is 0. The number of piperazine rings is 1. The molecule has 0 aromatic rings. The van der Waals surface area contributed by atoms with E-state index in [1.54, 1.807) is 4.90 Å². The molecule has 0 N–H and O–H groups in total. The van der Waals surface area contributed by atoms with Gasteiger partial charge in [0, 0.05) is 25.6 Å². The molecule has 0 spiro atoms. The van der Waals surface area contributed by atoms with Crippen LogP contribution in [0.5, 0.6) is 0 Å². The van der Waals surface area contributed by atoms with Crippen LogP contribution in [0.15, 0.2) is 0 Å². The van der Waals surface area contributed by atoms with E-state index >= 15 is 0 Å². The molecule has 2 aliphatic rings. The molecule has 2 fully saturated rings. The first-order valence-corrected chi connectivity index (χ1v) is 6.79. The third-order valence-electron chi connectivity index (χ3n) is 3.97. The molecule has 0 radical (unpaired) electrons. The molecular weight excluding hydrogens is 216 g/mol. The standard InChI is InChI=1S/C13H22N2O2/c1-2-14-8-9-15(10-12(14)16)13(17)11-6-4-3-5-7-11/h11H,2-10H2,1H3. The summed E-state index contributed by atoms with van der Waals surface area (Å²) < 4.78 is 0. The highest BCUT2D eigenvalue weighted by molar-refractivity contribution is 5.87. The highest BCUT2D eigenvalue weighted by Gasteiger charge is 2.31. The van der Waals surface area contributed by atoms with Crippen LogP contribution in [0.4, 0.5) is 0 Å². The Bertz CT molecular complexity index is 298. The van der Waals surface area contributed by atoms with Gasteiger partial charge in [0.25, 0.3) is 0 Å². The number of carbonyl (C=O) groups is 2. The number of hydrogen-bond acceptors (Lipinski definition) is 2. The minimum absolute atomic E-state index is 0.0999. The van der Waals surface area contributed by atoms with Crippen molar-refractivity contribution in [3.8, 4) is 0 Å². The largest absolute Gasteiger partial charge is 0.340 e. The van der Waals surface area contributed by atoms with Crippen LogP contribution in [-0.2, 0) is 9.59 Å². The number of likely N-dealkylation sites (N-methyl/N-ethyl adjacent to an activating group) is 1. The average Bonchev–Trinajstić information content (AvgIpc) is 2.39. The minimum atomic E-state index is 0.0999. The Morgan fingerprint density at radius 1 is 1.24 bits per heavy atom. The van der Waals surface area contributed by atoms with Crippen LogP contribution in [0.25, 0.3) is 0 Å². The van der Waals surface area contributed by atoms with Gasteiger partial charge in [0.2, 0.25) is 11.8 Å². The van der Waals surface area contributed by atoms with Crippen LogP contribution in [0, 0.1) is 5.92 Å². The van der Waals surface area contributed by atoms with Gasteiger partial charge >= 0.3 is 0 Å². The van der Waals surface area contributed by atoms with Crippen molar-refractivity contribution >= 4 is 11.8 Å². The summed E-state index contributed by atoms with van der Waals surface area (Å²) >= 11 is 0. The van der Waals surface area contributed by atoms with Gasteiger partial charge in [-0.05, 0) is 19.8 Å². The van der Waals surface area contributed by atoms with E-state index in [1.165, 1.54) is 19.3 Å². The molecular formula is C13H22N2O2. The van der Waals surface area contributed by atoms with Gasteiger partial charge in [0.1, 0.15) is 0 Å². The topological polar surface area (TPSA) is 40.6 Å². The molecule has 1 aliphatic heterocycles. The van der Waals surface area contributed by atoms with E-state index in [4.69, 9.17) is 0 Å². The lowest BCUT2D eigenvalue weighted by Crippen LogP contribution is -2.53. The first-order chi connectivity index (χ1) is 8.22. The van der Waals surface area contributed by atoms with Crippen LogP contribution < -0.4 is 0 Å². The predicted molar refractivity (Wildman–Crippen MR) is 65.4 cm³/mol. The van der Waals surface area contributed by atoms with E-state index in [-0.39, 0.29) is 17.7 Å². The van der Waals surface area contributed by atoms with Crippen LogP contribution in [0.1, 0.15) is 39.0 Å². The summed E-state index contributed by atoms with van der Waals surface area (Å²) in [5.74, 6) is 0.501. The summed E-state index contributed by atoms with van der Waals surface area (Å²) in [6.45, 7) is 4.45. The summed E-state index contributed by atoms with van der Waals surface area (Å²) in [7, 11) is 0. The van der Waals surface area contributed by atoms with Crippen molar-refractivity contribution in [3.05, 3.63) is 0 Å². The molecule has 0 aromatic carbocycles. The fourth-order valence-corrected chi connectivity index (χ4v) is 2.84. The lowest BCUT2D eigenvalue weighted by atomic mass is 9.88. The summed E-state index contributed by atoms with van der Waals surface area (Å²) in [6, 6.07) is 0. The van der Waals surface area contributed by atoms with E-state index in [0.717, 1.165) is 25.9 Å².